The number of imide groups is 1. The predicted molar refractivity (Wildman–Crippen MR) is 111 cm³/mol. The Hall–Kier alpha value is -2.86. The number of halogens is 1. The molecule has 1 atom stereocenters. The smallest absolute Gasteiger partial charge is 0.324 e. The van der Waals surface area contributed by atoms with Crippen molar-refractivity contribution in [3.63, 3.8) is 0 Å². The fourth-order valence-corrected chi connectivity index (χ4v) is 4.25. The molecular formula is C22H22ClN3O3. The molecule has 2 aromatic rings. The van der Waals surface area contributed by atoms with Crippen molar-refractivity contribution in [2.45, 2.75) is 38.6 Å². The number of hydrogen-bond acceptors (Lipinski definition) is 3. The minimum Gasteiger partial charge on any atom is -0.324 e. The highest BCUT2D eigenvalue weighted by Gasteiger charge is 2.49. The van der Waals surface area contributed by atoms with Crippen LogP contribution >= 0.6 is 11.6 Å². The third-order valence-corrected chi connectivity index (χ3v) is 5.95. The van der Waals surface area contributed by atoms with E-state index < -0.39 is 23.4 Å². The molecule has 1 aliphatic heterocycles. The number of hydrogen-bond donors (Lipinski definition) is 2. The Morgan fingerprint density at radius 1 is 1.17 bits per heavy atom. The van der Waals surface area contributed by atoms with Gasteiger partial charge in [-0.05, 0) is 73.6 Å². The second kappa shape index (κ2) is 7.19. The molecule has 0 spiro atoms. The zero-order chi connectivity index (χ0) is 20.8. The van der Waals surface area contributed by atoms with Crippen molar-refractivity contribution in [1.29, 1.82) is 0 Å². The van der Waals surface area contributed by atoms with E-state index in [4.69, 9.17) is 11.6 Å². The number of nitrogens with one attached hydrogen (secondary N) is 2. The number of carbonyl (C=O) groups is 3. The third-order valence-electron chi connectivity index (χ3n) is 5.72. The van der Waals surface area contributed by atoms with Gasteiger partial charge in [0.25, 0.3) is 5.91 Å². The van der Waals surface area contributed by atoms with Crippen LogP contribution in [0, 0.1) is 6.92 Å². The summed E-state index contributed by atoms with van der Waals surface area (Å²) in [5.74, 6) is -0.874. The Bertz CT molecular complexity index is 1040. The molecule has 1 fully saturated rings. The highest BCUT2D eigenvalue weighted by atomic mass is 35.5. The fourth-order valence-electron chi connectivity index (χ4n) is 4.02. The van der Waals surface area contributed by atoms with Crippen molar-refractivity contribution in [3.8, 4) is 0 Å². The zero-order valence-electron chi connectivity index (χ0n) is 16.3. The van der Waals surface area contributed by atoms with Crippen LogP contribution in [-0.4, -0.2) is 29.3 Å². The lowest BCUT2D eigenvalue weighted by molar-refractivity contribution is -0.133. The van der Waals surface area contributed by atoms with Gasteiger partial charge in [-0.2, -0.15) is 0 Å². The Labute approximate surface area is 174 Å². The summed E-state index contributed by atoms with van der Waals surface area (Å²) in [6.07, 6.45) is 3.13. The van der Waals surface area contributed by atoms with E-state index >= 15 is 0 Å². The van der Waals surface area contributed by atoms with E-state index in [2.05, 4.69) is 10.6 Å². The molecule has 150 valence electrons. The van der Waals surface area contributed by atoms with Crippen LogP contribution < -0.4 is 10.6 Å². The monoisotopic (exact) mass is 411 g/mol. The first-order valence-electron chi connectivity index (χ1n) is 9.60. The number of benzene rings is 2. The molecule has 7 heteroatoms. The standard InChI is InChI=1S/C22H22ClN3O3/c1-13-10-17(23)8-9-18(13)24-19(27)12-26-20(28)22(2,25-21(26)29)16-7-6-14-4-3-5-15(14)11-16/h6-11H,3-5,12H2,1-2H3,(H,24,27)(H,25,29)/t22-/m0/s1. The minimum absolute atomic E-state index is 0.354. The highest BCUT2D eigenvalue weighted by Crippen LogP contribution is 2.32. The van der Waals surface area contributed by atoms with Gasteiger partial charge >= 0.3 is 6.03 Å². The summed E-state index contributed by atoms with van der Waals surface area (Å²) in [7, 11) is 0. The van der Waals surface area contributed by atoms with Gasteiger partial charge in [0.2, 0.25) is 5.91 Å². The largest absolute Gasteiger partial charge is 0.325 e. The first-order valence-corrected chi connectivity index (χ1v) is 9.98. The highest BCUT2D eigenvalue weighted by molar-refractivity contribution is 6.30. The zero-order valence-corrected chi connectivity index (χ0v) is 17.1. The van der Waals surface area contributed by atoms with E-state index in [-0.39, 0.29) is 6.54 Å². The summed E-state index contributed by atoms with van der Waals surface area (Å²) < 4.78 is 0. The number of urea groups is 1. The summed E-state index contributed by atoms with van der Waals surface area (Å²) in [6.45, 7) is 3.15. The van der Waals surface area contributed by atoms with Gasteiger partial charge in [-0.3, -0.25) is 14.5 Å². The topological polar surface area (TPSA) is 78.5 Å². The Morgan fingerprint density at radius 2 is 1.93 bits per heavy atom. The van der Waals surface area contributed by atoms with Crippen LogP contribution in [0.25, 0.3) is 0 Å². The number of fused-ring (bicyclic) bond motifs is 1. The van der Waals surface area contributed by atoms with Gasteiger partial charge in [-0.25, -0.2) is 4.79 Å². The first kappa shape index (κ1) is 19.5. The van der Waals surface area contributed by atoms with Crippen LogP contribution in [-0.2, 0) is 28.0 Å². The molecule has 4 amide bonds. The molecule has 6 nitrogen and oxygen atoms in total. The molecule has 4 rings (SSSR count). The maximum atomic E-state index is 13.1. The molecule has 2 N–H and O–H groups in total. The third kappa shape index (κ3) is 3.49. The van der Waals surface area contributed by atoms with Crippen molar-refractivity contribution in [2.75, 3.05) is 11.9 Å². The molecule has 0 saturated carbocycles. The maximum absolute atomic E-state index is 13.1. The van der Waals surface area contributed by atoms with Gasteiger partial charge in [-0.1, -0.05) is 29.8 Å². The van der Waals surface area contributed by atoms with Gasteiger partial charge in [0.15, 0.2) is 0 Å². The average molecular weight is 412 g/mol. The molecule has 0 unspecified atom stereocenters. The summed E-state index contributed by atoms with van der Waals surface area (Å²) in [6, 6.07) is 10.4. The van der Waals surface area contributed by atoms with Crippen molar-refractivity contribution < 1.29 is 14.4 Å². The number of amides is 4. The average Bonchev–Trinajstić information content (AvgIpc) is 3.22. The Balaban J connectivity index is 1.51. The van der Waals surface area contributed by atoms with Crippen LogP contribution in [0.5, 0.6) is 0 Å². The quantitative estimate of drug-likeness (QED) is 0.755. The molecule has 0 aromatic heterocycles. The van der Waals surface area contributed by atoms with Crippen LogP contribution in [0.1, 0.15) is 35.6 Å². The van der Waals surface area contributed by atoms with Gasteiger partial charge in [0, 0.05) is 10.7 Å². The molecule has 2 aromatic carbocycles. The number of anilines is 1. The maximum Gasteiger partial charge on any atom is 0.325 e. The normalized spacial score (nSPS) is 20.6. The van der Waals surface area contributed by atoms with E-state index in [1.165, 1.54) is 11.1 Å². The summed E-state index contributed by atoms with van der Waals surface area (Å²) in [4.78, 5) is 39.0. The van der Waals surface area contributed by atoms with Crippen LogP contribution in [0.3, 0.4) is 0 Å². The van der Waals surface area contributed by atoms with Gasteiger partial charge in [-0.15, -0.1) is 0 Å². The van der Waals surface area contributed by atoms with Gasteiger partial charge in [0.05, 0.1) is 0 Å². The summed E-state index contributed by atoms with van der Waals surface area (Å²) >= 11 is 5.94. The molecule has 0 radical (unpaired) electrons. The SMILES string of the molecule is Cc1cc(Cl)ccc1NC(=O)CN1C(=O)N[C@@](C)(c2ccc3c(c2)CCC3)C1=O. The lowest BCUT2D eigenvalue weighted by atomic mass is 9.89. The second-order valence-corrected chi connectivity index (χ2v) is 8.23. The van der Waals surface area contributed by atoms with E-state index in [0.29, 0.717) is 10.7 Å². The molecule has 29 heavy (non-hydrogen) atoms. The minimum atomic E-state index is -1.18. The van der Waals surface area contributed by atoms with Crippen LogP contribution in [0.2, 0.25) is 5.02 Å². The Morgan fingerprint density at radius 3 is 2.69 bits per heavy atom. The van der Waals surface area contributed by atoms with Gasteiger partial charge in [0.1, 0.15) is 12.1 Å². The molecule has 2 aliphatic rings. The van der Waals surface area contributed by atoms with Gasteiger partial charge < -0.3 is 10.6 Å². The number of rotatable bonds is 4. The van der Waals surface area contributed by atoms with Crippen molar-refractivity contribution in [1.82, 2.24) is 10.2 Å². The van der Waals surface area contributed by atoms with Crippen LogP contribution in [0.15, 0.2) is 36.4 Å². The van der Waals surface area contributed by atoms with Crippen molar-refractivity contribution >= 4 is 35.1 Å². The molecule has 0 bridgehead atoms. The number of carbonyl (C=O) groups excluding carboxylic acids is 3. The van der Waals surface area contributed by atoms with Crippen LogP contribution in [0.4, 0.5) is 10.5 Å². The second-order valence-electron chi connectivity index (χ2n) is 7.79. The molecule has 1 aliphatic carbocycles. The molecule has 1 heterocycles. The van der Waals surface area contributed by atoms with E-state index in [9.17, 15) is 14.4 Å². The van der Waals surface area contributed by atoms with E-state index in [1.807, 2.05) is 25.1 Å². The number of aryl methyl sites for hydroxylation is 3. The molecular weight excluding hydrogens is 390 g/mol. The number of nitrogens with zero attached hydrogens (tertiary/aromatic N) is 1. The van der Waals surface area contributed by atoms with Crippen molar-refractivity contribution in [3.05, 3.63) is 63.7 Å². The lowest BCUT2D eigenvalue weighted by Gasteiger charge is -2.23. The fraction of sp³-hybridized carbons (Fsp3) is 0.318. The van der Waals surface area contributed by atoms with E-state index in [1.54, 1.807) is 25.1 Å². The predicted octanol–water partition coefficient (Wildman–Crippen LogP) is 3.54. The summed E-state index contributed by atoms with van der Waals surface area (Å²) in [5.41, 5.74) is 3.47. The molecule has 1 saturated heterocycles. The van der Waals surface area contributed by atoms with E-state index in [0.717, 1.165) is 35.3 Å². The lowest BCUT2D eigenvalue weighted by Crippen LogP contribution is -2.42. The summed E-state index contributed by atoms with van der Waals surface area (Å²) in [5, 5.41) is 6.07. The Kier molecular flexibility index (Phi) is 4.82. The first-order chi connectivity index (χ1) is 13.8. The van der Waals surface area contributed by atoms with Crippen molar-refractivity contribution in [2.24, 2.45) is 0 Å².